The van der Waals surface area contributed by atoms with E-state index in [0.717, 1.165) is 22.6 Å². The van der Waals surface area contributed by atoms with Crippen LogP contribution in [0.1, 0.15) is 16.7 Å². The maximum atomic E-state index is 6.12. The van der Waals surface area contributed by atoms with Crippen LogP contribution in [0.15, 0.2) is 30.6 Å². The highest BCUT2D eigenvalue weighted by molar-refractivity contribution is 6.37. The summed E-state index contributed by atoms with van der Waals surface area (Å²) in [6.07, 6.45) is 4.96. The lowest BCUT2D eigenvalue weighted by atomic mass is 10.1. The second-order valence-corrected chi connectivity index (χ2v) is 5.15. The Kier molecular flexibility index (Phi) is 3.55. The third-order valence-electron chi connectivity index (χ3n) is 3.13. The minimum absolute atomic E-state index is 0.496. The average molecular weight is 308 g/mol. The quantitative estimate of drug-likeness (QED) is 0.822. The van der Waals surface area contributed by atoms with E-state index in [1.165, 1.54) is 0 Å². The van der Waals surface area contributed by atoms with E-state index in [9.17, 15) is 0 Å². The van der Waals surface area contributed by atoms with E-state index in [2.05, 4.69) is 4.98 Å². The zero-order chi connectivity index (χ0) is 14.1. The molecule has 1 aliphatic rings. The maximum absolute atomic E-state index is 6.12. The molecule has 0 aliphatic carbocycles. The number of fused-ring (bicyclic) bond motifs is 1. The van der Waals surface area contributed by atoms with E-state index in [-0.39, 0.29) is 0 Å². The van der Waals surface area contributed by atoms with Crippen molar-refractivity contribution in [2.75, 3.05) is 7.11 Å². The van der Waals surface area contributed by atoms with Crippen molar-refractivity contribution in [3.8, 4) is 5.75 Å². The molecule has 1 aromatic heterocycles. The van der Waals surface area contributed by atoms with Crippen LogP contribution in [-0.2, 0) is 11.3 Å². The third kappa shape index (κ3) is 2.35. The number of ether oxygens (including phenoxy) is 2. The molecule has 3 rings (SSSR count). The van der Waals surface area contributed by atoms with Gasteiger partial charge in [-0.2, -0.15) is 0 Å². The highest BCUT2D eigenvalue weighted by atomic mass is 35.5. The maximum Gasteiger partial charge on any atom is 0.128 e. The predicted octanol–water partition coefficient (Wildman–Crippen LogP) is 4.43. The van der Waals surface area contributed by atoms with E-state index in [4.69, 9.17) is 32.7 Å². The molecular formula is C15H11Cl2NO2. The Morgan fingerprint density at radius 2 is 2.00 bits per heavy atom. The van der Waals surface area contributed by atoms with Crippen molar-refractivity contribution in [3.63, 3.8) is 0 Å². The van der Waals surface area contributed by atoms with Gasteiger partial charge in [-0.1, -0.05) is 23.2 Å². The highest BCUT2D eigenvalue weighted by Gasteiger charge is 2.19. The van der Waals surface area contributed by atoms with Gasteiger partial charge in [-0.3, -0.25) is 4.98 Å². The summed E-state index contributed by atoms with van der Waals surface area (Å²) < 4.78 is 10.9. The number of hydrogen-bond donors (Lipinski definition) is 0. The molecule has 2 heterocycles. The largest absolute Gasteiger partial charge is 0.497 e. The van der Waals surface area contributed by atoms with Crippen LogP contribution in [0.3, 0.4) is 0 Å². The fraction of sp³-hybridized carbons (Fsp3) is 0.133. The van der Waals surface area contributed by atoms with E-state index >= 15 is 0 Å². The molecule has 0 atom stereocenters. The van der Waals surface area contributed by atoms with Gasteiger partial charge in [-0.15, -0.1) is 0 Å². The van der Waals surface area contributed by atoms with Crippen LogP contribution in [0.4, 0.5) is 0 Å². The Hall–Kier alpha value is -1.71. The zero-order valence-corrected chi connectivity index (χ0v) is 12.2. The molecule has 0 spiro atoms. The first-order valence-electron chi connectivity index (χ1n) is 6.00. The van der Waals surface area contributed by atoms with Gasteiger partial charge < -0.3 is 9.47 Å². The number of benzene rings is 1. The lowest BCUT2D eigenvalue weighted by Gasteiger charge is -2.04. The predicted molar refractivity (Wildman–Crippen MR) is 79.9 cm³/mol. The van der Waals surface area contributed by atoms with E-state index in [1.54, 1.807) is 19.5 Å². The third-order valence-corrected chi connectivity index (χ3v) is 3.73. The van der Waals surface area contributed by atoms with Gasteiger partial charge in [0.25, 0.3) is 0 Å². The Morgan fingerprint density at radius 3 is 2.70 bits per heavy atom. The van der Waals surface area contributed by atoms with Gasteiger partial charge in [0, 0.05) is 29.1 Å². The summed E-state index contributed by atoms with van der Waals surface area (Å²) in [7, 11) is 1.64. The van der Waals surface area contributed by atoms with Crippen molar-refractivity contribution in [3.05, 3.63) is 57.3 Å². The molecule has 0 amide bonds. The number of nitrogens with zero attached hydrogens (tertiary/aromatic N) is 1. The van der Waals surface area contributed by atoms with Gasteiger partial charge >= 0.3 is 0 Å². The monoisotopic (exact) mass is 307 g/mol. The first kappa shape index (κ1) is 13.3. The van der Waals surface area contributed by atoms with Gasteiger partial charge in [0.2, 0.25) is 0 Å². The molecule has 3 nitrogen and oxygen atoms in total. The van der Waals surface area contributed by atoms with E-state index in [0.29, 0.717) is 22.2 Å². The first-order valence-corrected chi connectivity index (χ1v) is 6.75. The highest BCUT2D eigenvalue weighted by Crippen LogP contribution is 2.35. The van der Waals surface area contributed by atoms with Gasteiger partial charge in [0.1, 0.15) is 18.1 Å². The summed E-state index contributed by atoms with van der Waals surface area (Å²) in [4.78, 5) is 3.94. The Morgan fingerprint density at radius 1 is 1.25 bits per heavy atom. The standard InChI is InChI=1S/C15H11Cl2NO2/c1-19-10-2-3-11-9(4-10)8-20-15(11)5-12-13(16)6-18-7-14(12)17/h2-7H,8H2,1H3. The molecule has 20 heavy (non-hydrogen) atoms. The fourth-order valence-corrected chi connectivity index (χ4v) is 2.57. The normalized spacial score (nSPS) is 15.1. The molecule has 0 saturated heterocycles. The number of methoxy groups -OCH3 is 1. The minimum atomic E-state index is 0.496. The molecule has 0 fully saturated rings. The smallest absolute Gasteiger partial charge is 0.128 e. The lowest BCUT2D eigenvalue weighted by molar-refractivity contribution is 0.287. The molecule has 5 heteroatoms. The fourth-order valence-electron chi connectivity index (χ4n) is 2.10. The van der Waals surface area contributed by atoms with Gasteiger partial charge in [-0.05, 0) is 24.3 Å². The average Bonchev–Trinajstić information content (AvgIpc) is 2.85. The summed E-state index contributed by atoms with van der Waals surface area (Å²) in [5, 5.41) is 0.992. The number of halogens is 2. The summed E-state index contributed by atoms with van der Waals surface area (Å²) in [6, 6.07) is 5.83. The summed E-state index contributed by atoms with van der Waals surface area (Å²) >= 11 is 12.2. The lowest BCUT2D eigenvalue weighted by Crippen LogP contribution is -1.87. The molecule has 0 N–H and O–H groups in total. The van der Waals surface area contributed by atoms with Crippen LogP contribution in [0.25, 0.3) is 11.8 Å². The van der Waals surface area contributed by atoms with Gasteiger partial charge in [-0.25, -0.2) is 0 Å². The van der Waals surface area contributed by atoms with E-state index in [1.807, 2.05) is 24.3 Å². The van der Waals surface area contributed by atoms with Crippen LogP contribution in [0.2, 0.25) is 10.0 Å². The zero-order valence-electron chi connectivity index (χ0n) is 10.7. The van der Waals surface area contributed by atoms with E-state index < -0.39 is 0 Å². The second-order valence-electron chi connectivity index (χ2n) is 4.34. The summed E-state index contributed by atoms with van der Waals surface area (Å²) in [5.41, 5.74) is 2.81. The van der Waals surface area contributed by atoms with Crippen LogP contribution >= 0.6 is 23.2 Å². The second kappa shape index (κ2) is 5.35. The molecule has 0 radical (unpaired) electrons. The number of rotatable bonds is 2. The van der Waals surface area contributed by atoms with Crippen molar-refractivity contribution in [1.82, 2.24) is 4.98 Å². The molecular weight excluding hydrogens is 297 g/mol. The SMILES string of the molecule is COc1ccc2c(c1)COC2=Cc1c(Cl)cncc1Cl. The molecule has 2 aromatic rings. The topological polar surface area (TPSA) is 31.4 Å². The minimum Gasteiger partial charge on any atom is -0.497 e. The van der Waals surface area contributed by atoms with Crippen molar-refractivity contribution in [2.45, 2.75) is 6.61 Å². The van der Waals surface area contributed by atoms with Crippen molar-refractivity contribution in [2.24, 2.45) is 0 Å². The molecule has 1 aliphatic heterocycles. The number of pyridine rings is 1. The molecule has 0 saturated carbocycles. The summed E-state index contributed by atoms with van der Waals surface area (Å²) in [5.74, 6) is 1.56. The Bertz CT molecular complexity index is 678. The number of aromatic nitrogens is 1. The Balaban J connectivity index is 2.05. The van der Waals surface area contributed by atoms with Crippen molar-refractivity contribution < 1.29 is 9.47 Å². The van der Waals surface area contributed by atoms with Crippen LogP contribution in [-0.4, -0.2) is 12.1 Å². The summed E-state index contributed by atoms with van der Waals surface area (Å²) in [6.45, 7) is 0.513. The van der Waals surface area contributed by atoms with Crippen molar-refractivity contribution in [1.29, 1.82) is 0 Å². The first-order chi connectivity index (χ1) is 9.69. The molecule has 102 valence electrons. The van der Waals surface area contributed by atoms with Crippen LogP contribution < -0.4 is 4.74 Å². The Labute approximate surface area is 126 Å². The molecule has 0 unspecified atom stereocenters. The van der Waals surface area contributed by atoms with Crippen molar-refractivity contribution >= 4 is 35.0 Å². The molecule has 0 bridgehead atoms. The number of hydrogen-bond acceptors (Lipinski definition) is 3. The van der Waals surface area contributed by atoms with Crippen LogP contribution in [0, 0.1) is 0 Å². The van der Waals surface area contributed by atoms with Gasteiger partial charge in [0.05, 0.1) is 17.2 Å². The molecule has 1 aromatic carbocycles. The van der Waals surface area contributed by atoms with Gasteiger partial charge in [0.15, 0.2) is 0 Å². The van der Waals surface area contributed by atoms with Crippen LogP contribution in [0.5, 0.6) is 5.75 Å².